The molecule has 126 valence electrons. The Hall–Kier alpha value is -2.86. The lowest BCUT2D eigenvalue weighted by molar-refractivity contribution is -0.139. The maximum Gasteiger partial charge on any atom is 0.355 e. The van der Waals surface area contributed by atoms with Gasteiger partial charge in [0.1, 0.15) is 5.70 Å². The number of carbonyl (C=O) groups is 2. The number of benzene rings is 1. The van der Waals surface area contributed by atoms with Crippen molar-refractivity contribution in [3.8, 4) is 0 Å². The summed E-state index contributed by atoms with van der Waals surface area (Å²) < 4.78 is 9.63. The lowest BCUT2D eigenvalue weighted by Crippen LogP contribution is -2.27. The smallest absolute Gasteiger partial charge is 0.355 e. The van der Waals surface area contributed by atoms with E-state index < -0.39 is 11.9 Å². The molecule has 1 aliphatic rings. The highest BCUT2D eigenvalue weighted by atomic mass is 16.5. The Bertz CT molecular complexity index is 746. The first kappa shape index (κ1) is 17.5. The van der Waals surface area contributed by atoms with Crippen LogP contribution in [0.4, 0.5) is 5.69 Å². The zero-order valence-corrected chi connectivity index (χ0v) is 13.8. The molecule has 0 saturated carbocycles. The van der Waals surface area contributed by atoms with E-state index in [0.717, 1.165) is 11.1 Å². The van der Waals surface area contributed by atoms with Crippen molar-refractivity contribution in [1.82, 2.24) is 0 Å². The topological polar surface area (TPSA) is 76.1 Å². The fourth-order valence-corrected chi connectivity index (χ4v) is 2.44. The van der Waals surface area contributed by atoms with Gasteiger partial charge in [0.2, 0.25) is 0 Å². The average molecular weight is 329 g/mol. The predicted octanol–water partition coefficient (Wildman–Crippen LogP) is 1.98. The predicted molar refractivity (Wildman–Crippen MR) is 88.9 cm³/mol. The number of methoxy groups -OCH3 is 2. The van der Waals surface area contributed by atoms with Gasteiger partial charge in [0, 0.05) is 11.9 Å². The molecule has 0 saturated heterocycles. The number of esters is 2. The molecular formula is C18H19NO5. The molecule has 1 aromatic carbocycles. The van der Waals surface area contributed by atoms with Crippen molar-refractivity contribution in [2.24, 2.45) is 0 Å². The van der Waals surface area contributed by atoms with Gasteiger partial charge in [0.15, 0.2) is 0 Å². The number of aryl methyl sites for hydroxylation is 1. The minimum Gasteiger partial charge on any atom is -0.465 e. The largest absolute Gasteiger partial charge is 0.465 e. The highest BCUT2D eigenvalue weighted by Gasteiger charge is 2.28. The monoisotopic (exact) mass is 329 g/mol. The number of anilines is 1. The lowest BCUT2D eigenvalue weighted by Gasteiger charge is -2.25. The average Bonchev–Trinajstić information content (AvgIpc) is 2.82. The highest BCUT2D eigenvalue weighted by Crippen LogP contribution is 2.29. The van der Waals surface area contributed by atoms with Gasteiger partial charge in [0.05, 0.1) is 26.4 Å². The van der Waals surface area contributed by atoms with Crippen LogP contribution in [-0.4, -0.2) is 31.3 Å². The minimum atomic E-state index is -0.655. The number of hydrogen-bond donors (Lipinski definition) is 1. The number of aliphatic hydroxyl groups is 1. The number of ether oxygens (including phenoxy) is 2. The molecule has 6 nitrogen and oxygen atoms in total. The molecule has 0 bridgehead atoms. The van der Waals surface area contributed by atoms with Gasteiger partial charge in [0.25, 0.3) is 0 Å². The van der Waals surface area contributed by atoms with E-state index in [1.165, 1.54) is 20.3 Å². The van der Waals surface area contributed by atoms with Gasteiger partial charge in [-0.05, 0) is 36.3 Å². The van der Waals surface area contributed by atoms with Crippen LogP contribution >= 0.6 is 0 Å². The van der Waals surface area contributed by atoms with E-state index in [9.17, 15) is 14.7 Å². The fraction of sp³-hybridized carbons (Fsp3) is 0.222. The standard InChI is InChI=1S/C18H19NO5/c1-12-10-13(11-20)7-8-15(12)19-9-5-4-6-14(17(21)23-2)16(19)18(22)24-3/h4-10,20H,11H2,1-3H3. The number of nitrogens with zero attached hydrogens (tertiary/aromatic N) is 1. The maximum absolute atomic E-state index is 12.3. The third-order valence-electron chi connectivity index (χ3n) is 3.59. The van der Waals surface area contributed by atoms with Gasteiger partial charge in [-0.1, -0.05) is 18.2 Å². The summed E-state index contributed by atoms with van der Waals surface area (Å²) in [7, 11) is 2.50. The van der Waals surface area contributed by atoms with Crippen LogP contribution < -0.4 is 4.90 Å². The highest BCUT2D eigenvalue weighted by molar-refractivity contribution is 6.05. The molecule has 0 atom stereocenters. The van der Waals surface area contributed by atoms with Gasteiger partial charge in [-0.3, -0.25) is 0 Å². The van der Waals surface area contributed by atoms with Crippen LogP contribution in [0.3, 0.4) is 0 Å². The Kier molecular flexibility index (Phi) is 5.55. The second kappa shape index (κ2) is 7.61. The van der Waals surface area contributed by atoms with Crippen LogP contribution in [0, 0.1) is 6.92 Å². The SMILES string of the molecule is COC(=O)C1=C(C(=O)OC)N(c2ccc(CO)cc2C)C=CC=C1. The lowest BCUT2D eigenvalue weighted by atomic mass is 10.1. The Morgan fingerprint density at radius 2 is 1.83 bits per heavy atom. The molecule has 0 aliphatic carbocycles. The first-order valence-corrected chi connectivity index (χ1v) is 7.28. The van der Waals surface area contributed by atoms with E-state index in [1.807, 2.05) is 13.0 Å². The van der Waals surface area contributed by atoms with Crippen LogP contribution in [0.15, 0.2) is 53.9 Å². The summed E-state index contributed by atoms with van der Waals surface area (Å²) in [5.41, 5.74) is 2.44. The molecule has 6 heteroatoms. The molecule has 0 aromatic heterocycles. The Morgan fingerprint density at radius 1 is 1.12 bits per heavy atom. The first-order valence-electron chi connectivity index (χ1n) is 7.28. The zero-order chi connectivity index (χ0) is 17.7. The normalized spacial score (nSPS) is 13.8. The van der Waals surface area contributed by atoms with Crippen molar-refractivity contribution in [2.75, 3.05) is 19.1 Å². The third kappa shape index (κ3) is 3.38. The summed E-state index contributed by atoms with van der Waals surface area (Å²) in [6.07, 6.45) is 6.52. The molecule has 1 N–H and O–H groups in total. The van der Waals surface area contributed by atoms with Crippen LogP contribution in [0.1, 0.15) is 11.1 Å². The molecular weight excluding hydrogens is 310 g/mol. The molecule has 0 unspecified atom stereocenters. The second-order valence-corrected chi connectivity index (χ2v) is 5.10. The van der Waals surface area contributed by atoms with Gasteiger partial charge in [-0.15, -0.1) is 0 Å². The van der Waals surface area contributed by atoms with Crippen LogP contribution in [-0.2, 0) is 25.7 Å². The van der Waals surface area contributed by atoms with E-state index in [0.29, 0.717) is 5.69 Å². The first-order chi connectivity index (χ1) is 11.5. The number of rotatable bonds is 4. The summed E-state index contributed by atoms with van der Waals surface area (Å²) in [4.78, 5) is 26.0. The molecule has 1 aromatic rings. The summed E-state index contributed by atoms with van der Waals surface area (Å²) in [5.74, 6) is -1.29. The van der Waals surface area contributed by atoms with Crippen molar-refractivity contribution in [3.63, 3.8) is 0 Å². The van der Waals surface area contributed by atoms with Gasteiger partial charge < -0.3 is 19.5 Å². The van der Waals surface area contributed by atoms with Gasteiger partial charge in [-0.25, -0.2) is 9.59 Å². The zero-order valence-electron chi connectivity index (χ0n) is 13.8. The fourth-order valence-electron chi connectivity index (χ4n) is 2.44. The molecule has 1 aliphatic heterocycles. The number of aliphatic hydroxyl groups excluding tert-OH is 1. The summed E-state index contributed by atoms with van der Waals surface area (Å²) in [6, 6.07) is 5.34. The summed E-state index contributed by atoms with van der Waals surface area (Å²) in [6.45, 7) is 1.78. The minimum absolute atomic E-state index is 0.0641. The third-order valence-corrected chi connectivity index (χ3v) is 3.59. The number of hydrogen-bond acceptors (Lipinski definition) is 6. The van der Waals surface area contributed by atoms with Crippen LogP contribution in [0.5, 0.6) is 0 Å². The van der Waals surface area contributed by atoms with E-state index in [1.54, 1.807) is 35.4 Å². The Labute approximate surface area is 140 Å². The van der Waals surface area contributed by atoms with E-state index in [-0.39, 0.29) is 17.9 Å². The summed E-state index contributed by atoms with van der Waals surface area (Å²) in [5, 5.41) is 9.25. The molecule has 0 radical (unpaired) electrons. The Morgan fingerprint density at radius 3 is 2.42 bits per heavy atom. The van der Waals surface area contributed by atoms with E-state index >= 15 is 0 Å². The molecule has 0 spiro atoms. The maximum atomic E-state index is 12.3. The van der Waals surface area contributed by atoms with Crippen LogP contribution in [0.2, 0.25) is 0 Å². The Balaban J connectivity index is 2.65. The molecule has 0 amide bonds. The molecule has 0 fully saturated rings. The van der Waals surface area contributed by atoms with Crippen molar-refractivity contribution in [1.29, 1.82) is 0 Å². The van der Waals surface area contributed by atoms with Crippen molar-refractivity contribution >= 4 is 17.6 Å². The quantitative estimate of drug-likeness (QED) is 0.851. The summed E-state index contributed by atoms with van der Waals surface area (Å²) >= 11 is 0. The van der Waals surface area contributed by atoms with E-state index in [4.69, 9.17) is 9.47 Å². The van der Waals surface area contributed by atoms with E-state index in [2.05, 4.69) is 0 Å². The van der Waals surface area contributed by atoms with Crippen molar-refractivity contribution in [3.05, 3.63) is 65.0 Å². The second-order valence-electron chi connectivity index (χ2n) is 5.10. The van der Waals surface area contributed by atoms with Crippen molar-refractivity contribution in [2.45, 2.75) is 13.5 Å². The molecule has 2 rings (SSSR count). The number of allylic oxidation sites excluding steroid dienone is 2. The molecule has 1 heterocycles. The van der Waals surface area contributed by atoms with Gasteiger partial charge >= 0.3 is 11.9 Å². The van der Waals surface area contributed by atoms with Crippen molar-refractivity contribution < 1.29 is 24.2 Å². The number of carbonyl (C=O) groups excluding carboxylic acids is 2. The van der Waals surface area contributed by atoms with Gasteiger partial charge in [-0.2, -0.15) is 0 Å². The van der Waals surface area contributed by atoms with Crippen LogP contribution in [0.25, 0.3) is 0 Å². The molecule has 24 heavy (non-hydrogen) atoms.